The van der Waals surface area contributed by atoms with Gasteiger partial charge in [-0.1, -0.05) is 30.3 Å². The second kappa shape index (κ2) is 7.83. The van der Waals surface area contributed by atoms with Crippen molar-refractivity contribution in [2.24, 2.45) is 0 Å². The van der Waals surface area contributed by atoms with Crippen molar-refractivity contribution in [3.05, 3.63) is 77.5 Å². The van der Waals surface area contributed by atoms with Gasteiger partial charge in [0.2, 0.25) is 5.91 Å². The summed E-state index contributed by atoms with van der Waals surface area (Å²) in [6, 6.07) is 14.9. The van der Waals surface area contributed by atoms with Crippen molar-refractivity contribution in [2.75, 3.05) is 10.7 Å². The van der Waals surface area contributed by atoms with Crippen LogP contribution in [0.15, 0.2) is 66.1 Å². The van der Waals surface area contributed by atoms with E-state index >= 15 is 0 Å². The molecule has 0 saturated heterocycles. The number of nitrogens with zero attached hydrogens (tertiary/aromatic N) is 1. The van der Waals surface area contributed by atoms with Crippen molar-refractivity contribution in [3.8, 4) is 0 Å². The molecule has 26 heavy (non-hydrogen) atoms. The molecule has 0 unspecified atom stereocenters. The number of rotatable bonds is 6. The third kappa shape index (κ3) is 4.58. The standard InChI is InChI=1S/C20H20FNO3S/c21-17-9-11-18(12-10-17)22(19-13-14-26(24,25)15-19)20(23)8-4-7-16-5-2-1-3-6-16/h1-3,5-6,9-14,19H,4,7-8,15H2/t19-/m1/s1. The van der Waals surface area contributed by atoms with E-state index in [-0.39, 0.29) is 18.1 Å². The lowest BCUT2D eigenvalue weighted by atomic mass is 10.1. The molecule has 4 nitrogen and oxygen atoms in total. The van der Waals surface area contributed by atoms with E-state index in [2.05, 4.69) is 0 Å². The van der Waals surface area contributed by atoms with E-state index in [9.17, 15) is 17.6 Å². The Morgan fingerprint density at radius 3 is 2.38 bits per heavy atom. The molecule has 2 aromatic rings. The fourth-order valence-corrected chi connectivity index (χ4v) is 4.32. The molecule has 0 fully saturated rings. The molecule has 0 bridgehead atoms. The van der Waals surface area contributed by atoms with Crippen LogP contribution in [0.4, 0.5) is 10.1 Å². The minimum absolute atomic E-state index is 0.144. The Kier molecular flexibility index (Phi) is 5.52. The number of carbonyl (C=O) groups excluding carboxylic acids is 1. The molecule has 3 rings (SSSR count). The number of amides is 1. The van der Waals surface area contributed by atoms with Crippen LogP contribution in [0.25, 0.3) is 0 Å². The van der Waals surface area contributed by atoms with Crippen molar-refractivity contribution in [2.45, 2.75) is 25.3 Å². The van der Waals surface area contributed by atoms with Crippen LogP contribution in [-0.4, -0.2) is 26.1 Å². The first-order valence-corrected chi connectivity index (χ1v) is 10.2. The minimum Gasteiger partial charge on any atom is -0.304 e. The molecule has 136 valence electrons. The molecule has 2 aromatic carbocycles. The van der Waals surface area contributed by atoms with E-state index in [0.29, 0.717) is 12.1 Å². The Balaban J connectivity index is 1.73. The zero-order valence-electron chi connectivity index (χ0n) is 14.2. The molecule has 6 heteroatoms. The molecule has 0 saturated carbocycles. The highest BCUT2D eigenvalue weighted by atomic mass is 32.2. The van der Waals surface area contributed by atoms with Gasteiger partial charge in [-0.05, 0) is 48.7 Å². The summed E-state index contributed by atoms with van der Waals surface area (Å²) in [4.78, 5) is 14.3. The Bertz CT molecular complexity index is 892. The molecule has 1 aliphatic heterocycles. The fraction of sp³-hybridized carbons (Fsp3) is 0.250. The van der Waals surface area contributed by atoms with Crippen LogP contribution >= 0.6 is 0 Å². The minimum atomic E-state index is -3.30. The van der Waals surface area contributed by atoms with Crippen LogP contribution in [-0.2, 0) is 21.1 Å². The Hall–Kier alpha value is -2.47. The highest BCUT2D eigenvalue weighted by Crippen LogP contribution is 2.24. The molecule has 0 aromatic heterocycles. The molecule has 1 heterocycles. The smallest absolute Gasteiger partial charge is 0.227 e. The number of hydrogen-bond donors (Lipinski definition) is 0. The van der Waals surface area contributed by atoms with Gasteiger partial charge in [-0.2, -0.15) is 0 Å². The molecule has 0 N–H and O–H groups in total. The van der Waals surface area contributed by atoms with Crippen molar-refractivity contribution in [3.63, 3.8) is 0 Å². The third-order valence-corrected chi connectivity index (χ3v) is 5.69. The first kappa shape index (κ1) is 18.3. The molecule has 1 amide bonds. The van der Waals surface area contributed by atoms with E-state index in [0.717, 1.165) is 17.4 Å². The van der Waals surface area contributed by atoms with Gasteiger partial charge >= 0.3 is 0 Å². The van der Waals surface area contributed by atoms with E-state index in [1.807, 2.05) is 30.3 Å². The lowest BCUT2D eigenvalue weighted by molar-refractivity contribution is -0.118. The normalized spacial score (nSPS) is 18.0. The van der Waals surface area contributed by atoms with Crippen molar-refractivity contribution in [1.29, 1.82) is 0 Å². The van der Waals surface area contributed by atoms with Crippen LogP contribution in [0.3, 0.4) is 0 Å². The maximum Gasteiger partial charge on any atom is 0.227 e. The van der Waals surface area contributed by atoms with Crippen LogP contribution in [0.2, 0.25) is 0 Å². The number of halogens is 1. The maximum atomic E-state index is 13.2. The third-order valence-electron chi connectivity index (χ3n) is 4.32. The van der Waals surface area contributed by atoms with Gasteiger partial charge in [0, 0.05) is 17.5 Å². The summed E-state index contributed by atoms with van der Waals surface area (Å²) in [5, 5.41) is 1.14. The monoisotopic (exact) mass is 373 g/mol. The van der Waals surface area contributed by atoms with E-state index in [4.69, 9.17) is 0 Å². The molecule has 1 atom stereocenters. The zero-order valence-corrected chi connectivity index (χ0v) is 15.0. The Morgan fingerprint density at radius 2 is 1.77 bits per heavy atom. The summed E-state index contributed by atoms with van der Waals surface area (Å²) in [6.07, 6.45) is 3.23. The lowest BCUT2D eigenvalue weighted by Gasteiger charge is -2.28. The van der Waals surface area contributed by atoms with Gasteiger partial charge in [-0.15, -0.1) is 0 Å². The van der Waals surface area contributed by atoms with Gasteiger partial charge in [0.05, 0.1) is 11.8 Å². The second-order valence-electron chi connectivity index (χ2n) is 6.30. The SMILES string of the molecule is O=C(CCCc1ccccc1)N(c1ccc(F)cc1)[C@@H]1C=CS(=O)(=O)C1. The van der Waals surface area contributed by atoms with Gasteiger partial charge in [-0.25, -0.2) is 12.8 Å². The molecule has 0 spiro atoms. The number of hydrogen-bond acceptors (Lipinski definition) is 3. The number of aryl methyl sites for hydroxylation is 1. The quantitative estimate of drug-likeness (QED) is 0.779. The first-order valence-electron chi connectivity index (χ1n) is 8.47. The summed E-state index contributed by atoms with van der Waals surface area (Å²) in [5.74, 6) is -0.714. The number of sulfone groups is 1. The highest BCUT2D eigenvalue weighted by Gasteiger charge is 2.31. The Labute approximate surface area is 152 Å². The summed E-state index contributed by atoms with van der Waals surface area (Å²) >= 11 is 0. The average Bonchev–Trinajstić information content (AvgIpc) is 2.97. The molecular formula is C20H20FNO3S. The first-order chi connectivity index (χ1) is 12.4. The fourth-order valence-electron chi connectivity index (χ4n) is 3.05. The molecular weight excluding hydrogens is 353 g/mol. The predicted octanol–water partition coefficient (Wildman–Crippen LogP) is 3.49. The lowest BCUT2D eigenvalue weighted by Crippen LogP contribution is -2.41. The number of anilines is 1. The summed E-state index contributed by atoms with van der Waals surface area (Å²) < 4.78 is 36.8. The van der Waals surface area contributed by atoms with Crippen molar-refractivity contribution in [1.82, 2.24) is 0 Å². The van der Waals surface area contributed by atoms with Crippen LogP contribution in [0.1, 0.15) is 18.4 Å². The topological polar surface area (TPSA) is 54.5 Å². The van der Waals surface area contributed by atoms with E-state index in [1.54, 1.807) is 0 Å². The molecule has 0 aliphatic carbocycles. The van der Waals surface area contributed by atoms with Crippen LogP contribution < -0.4 is 4.90 Å². The summed E-state index contributed by atoms with van der Waals surface area (Å²) in [5.41, 5.74) is 1.65. The van der Waals surface area contributed by atoms with Gasteiger partial charge in [-0.3, -0.25) is 4.79 Å². The second-order valence-corrected chi connectivity index (χ2v) is 8.24. The van der Waals surface area contributed by atoms with Gasteiger partial charge < -0.3 is 4.90 Å². The largest absolute Gasteiger partial charge is 0.304 e. The van der Waals surface area contributed by atoms with Crippen molar-refractivity contribution < 1.29 is 17.6 Å². The van der Waals surface area contributed by atoms with Crippen molar-refractivity contribution >= 4 is 21.4 Å². The van der Waals surface area contributed by atoms with Crippen LogP contribution in [0.5, 0.6) is 0 Å². The van der Waals surface area contributed by atoms with E-state index in [1.165, 1.54) is 35.2 Å². The molecule has 0 radical (unpaired) electrons. The Morgan fingerprint density at radius 1 is 1.08 bits per heavy atom. The summed E-state index contributed by atoms with van der Waals surface area (Å²) in [7, 11) is -3.30. The average molecular weight is 373 g/mol. The van der Waals surface area contributed by atoms with Crippen LogP contribution in [0, 0.1) is 5.82 Å². The van der Waals surface area contributed by atoms with Gasteiger partial charge in [0.25, 0.3) is 0 Å². The number of carbonyl (C=O) groups is 1. The predicted molar refractivity (Wildman–Crippen MR) is 100.0 cm³/mol. The summed E-state index contributed by atoms with van der Waals surface area (Å²) in [6.45, 7) is 0. The maximum absolute atomic E-state index is 13.2. The molecule has 1 aliphatic rings. The number of benzene rings is 2. The van der Waals surface area contributed by atoms with Gasteiger partial charge in [0.1, 0.15) is 5.82 Å². The highest BCUT2D eigenvalue weighted by molar-refractivity contribution is 7.94. The zero-order chi connectivity index (χ0) is 18.6. The van der Waals surface area contributed by atoms with Gasteiger partial charge in [0.15, 0.2) is 9.84 Å². The van der Waals surface area contributed by atoms with E-state index < -0.39 is 21.7 Å².